The molecule has 2 heterocycles. The zero-order chi connectivity index (χ0) is 52.2. The summed E-state index contributed by atoms with van der Waals surface area (Å²) >= 11 is 0. The Bertz CT molecular complexity index is 2000. The molecule has 0 unspecified atom stereocenters. The van der Waals surface area contributed by atoms with Gasteiger partial charge in [-0.25, -0.2) is 9.59 Å². The second-order valence-corrected chi connectivity index (χ2v) is 17.2. The predicted octanol–water partition coefficient (Wildman–Crippen LogP) is 10.6. The highest BCUT2D eigenvalue weighted by Crippen LogP contribution is 2.48. The average molecular weight is 990 g/mol. The van der Waals surface area contributed by atoms with Crippen LogP contribution in [0.5, 0.6) is 0 Å². The first-order valence-electron chi connectivity index (χ1n) is 24.3. The lowest BCUT2D eigenvalue weighted by atomic mass is 9.77. The third-order valence-corrected chi connectivity index (χ3v) is 12.5. The monoisotopic (exact) mass is 989 g/mol. The van der Waals surface area contributed by atoms with Gasteiger partial charge in [0.05, 0.1) is 72.6 Å². The minimum absolute atomic E-state index is 0.0675. The summed E-state index contributed by atoms with van der Waals surface area (Å²) in [6, 6.07) is 36.9. The van der Waals surface area contributed by atoms with Crippen LogP contribution >= 0.6 is 0 Å². The van der Waals surface area contributed by atoms with Gasteiger partial charge in [0.2, 0.25) is 0 Å². The van der Waals surface area contributed by atoms with Crippen LogP contribution in [-0.2, 0) is 73.9 Å². The summed E-state index contributed by atoms with van der Waals surface area (Å²) in [4.78, 5) is 24.6. The maximum atomic E-state index is 15.7. The number of ether oxygens (including phenoxy) is 8. The molecular formula is C54H69F5O11. The van der Waals surface area contributed by atoms with Crippen LogP contribution in [0, 0.1) is 11.8 Å². The number of aliphatic hydroxyl groups is 1. The van der Waals surface area contributed by atoms with E-state index < -0.39 is 84.9 Å². The average Bonchev–Trinajstić information content (AvgIpc) is 3.37. The van der Waals surface area contributed by atoms with Gasteiger partial charge >= 0.3 is 23.8 Å². The van der Waals surface area contributed by atoms with E-state index in [0.717, 1.165) is 16.7 Å². The molecule has 2 aliphatic heterocycles. The molecule has 0 spiro atoms. The molecule has 4 aromatic carbocycles. The van der Waals surface area contributed by atoms with Gasteiger partial charge in [0.1, 0.15) is 12.2 Å². The maximum absolute atomic E-state index is 15.7. The Morgan fingerprint density at radius 2 is 0.886 bits per heavy atom. The summed E-state index contributed by atoms with van der Waals surface area (Å²) in [5, 5.41) is 11.3. The standard InChI is InChI=1S/C27H34F2O5.C26H32F2O6.CH3F/c1-5-22-19(3)23(32-17-20-13-9-7-10-14-20)24(33-18-21-15-11-8-12-16-21)26(4,34-22)27(28,29)25(30)31-6-2;1-4-21-18(3)22(32-16-19-12-8-6-9-13-19)23(33-17-20-14-10-7-11-15-20)26(30,34-21)25(27,28)24(29)31-5-2;1-2/h7-16,19,22-24H,5-6,17-18H2,1-4H3;6-15,18,21-23,30H,4-5,16-17H2,1-3H3;1H3/t19-,22+,23-,24+,26+;18-,21+,22-,23+,26+;/m00./s1/i;;1D. The highest BCUT2D eigenvalue weighted by atomic mass is 19.3. The van der Waals surface area contributed by atoms with Gasteiger partial charge in [0.15, 0.2) is 5.60 Å². The Labute approximate surface area is 410 Å². The minimum Gasteiger partial charge on any atom is -0.461 e. The molecule has 0 radical (unpaired) electrons. The van der Waals surface area contributed by atoms with E-state index in [1.807, 2.05) is 111 Å². The number of alkyl halides is 5. The van der Waals surface area contributed by atoms with Gasteiger partial charge < -0.3 is 43.0 Å². The van der Waals surface area contributed by atoms with Crippen molar-refractivity contribution >= 4 is 11.9 Å². The van der Waals surface area contributed by atoms with E-state index in [1.54, 1.807) is 38.1 Å². The first-order chi connectivity index (χ1) is 33.9. The fourth-order valence-electron chi connectivity index (χ4n) is 8.61. The van der Waals surface area contributed by atoms with Crippen molar-refractivity contribution in [1.29, 1.82) is 0 Å². The van der Waals surface area contributed by atoms with Crippen LogP contribution in [0.1, 0.15) is 84.9 Å². The highest BCUT2D eigenvalue weighted by molar-refractivity contribution is 5.80. The van der Waals surface area contributed by atoms with Crippen LogP contribution in [0.4, 0.5) is 22.0 Å². The third kappa shape index (κ3) is 13.8. The van der Waals surface area contributed by atoms with E-state index in [9.17, 15) is 19.1 Å². The molecule has 1 N–H and O–H groups in total. The summed E-state index contributed by atoms with van der Waals surface area (Å²) in [5.41, 5.74) is 0.974. The number of carbonyl (C=O) groups is 2. The number of halogens is 5. The number of rotatable bonds is 20. The summed E-state index contributed by atoms with van der Waals surface area (Å²) < 4.78 is 123. The van der Waals surface area contributed by atoms with E-state index in [-0.39, 0.29) is 45.6 Å². The molecule has 16 heteroatoms. The molecule has 0 saturated carbocycles. The molecule has 10 atom stereocenters. The van der Waals surface area contributed by atoms with Crippen molar-refractivity contribution in [2.45, 2.75) is 148 Å². The number of esters is 2. The molecule has 2 saturated heterocycles. The van der Waals surface area contributed by atoms with Gasteiger partial charge in [-0.15, -0.1) is 0 Å². The third-order valence-electron chi connectivity index (χ3n) is 12.5. The van der Waals surface area contributed by atoms with Crippen LogP contribution in [-0.4, -0.2) is 97.3 Å². The molecular weight excluding hydrogens is 920 g/mol. The maximum Gasteiger partial charge on any atom is 0.397 e. The second-order valence-electron chi connectivity index (χ2n) is 17.2. The lowest BCUT2D eigenvalue weighted by molar-refractivity contribution is -0.406. The lowest BCUT2D eigenvalue weighted by Crippen LogP contribution is -2.71. The zero-order valence-electron chi connectivity index (χ0n) is 41.9. The quantitative estimate of drug-likeness (QED) is 0.0671. The van der Waals surface area contributed by atoms with Gasteiger partial charge in [0, 0.05) is 11.8 Å². The van der Waals surface area contributed by atoms with Crippen molar-refractivity contribution in [1.82, 2.24) is 0 Å². The normalized spacial score (nSPS) is 26.8. The predicted molar refractivity (Wildman–Crippen MR) is 252 cm³/mol. The van der Waals surface area contributed by atoms with Crippen molar-refractivity contribution in [2.24, 2.45) is 11.8 Å². The topological polar surface area (TPSA) is 128 Å². The van der Waals surface area contributed by atoms with E-state index in [2.05, 4.69) is 4.74 Å². The van der Waals surface area contributed by atoms with Crippen molar-refractivity contribution < 1.29 is 75.9 Å². The molecule has 0 amide bonds. The summed E-state index contributed by atoms with van der Waals surface area (Å²) in [6.45, 7) is 11.3. The van der Waals surface area contributed by atoms with Crippen LogP contribution in [0.3, 0.4) is 0 Å². The van der Waals surface area contributed by atoms with Gasteiger partial charge in [-0.3, -0.25) is 4.39 Å². The Kier molecular flexibility index (Phi) is 21.7. The molecule has 386 valence electrons. The number of hydrogen-bond acceptors (Lipinski definition) is 11. The first kappa shape index (κ1) is 56.1. The van der Waals surface area contributed by atoms with Gasteiger partial charge in [-0.05, 0) is 55.9 Å². The highest BCUT2D eigenvalue weighted by Gasteiger charge is 2.71. The molecule has 0 aliphatic carbocycles. The molecule has 2 fully saturated rings. The zero-order valence-corrected chi connectivity index (χ0v) is 40.9. The Morgan fingerprint density at radius 1 is 0.571 bits per heavy atom. The van der Waals surface area contributed by atoms with Crippen LogP contribution in [0.25, 0.3) is 0 Å². The number of hydrogen-bond donors (Lipinski definition) is 1. The van der Waals surface area contributed by atoms with E-state index in [1.165, 1.54) is 20.8 Å². The summed E-state index contributed by atoms with van der Waals surface area (Å²) in [5.74, 6) is -15.8. The molecule has 2 aliphatic rings. The Morgan fingerprint density at radius 3 is 1.24 bits per heavy atom. The van der Waals surface area contributed by atoms with Crippen molar-refractivity contribution in [3.05, 3.63) is 144 Å². The van der Waals surface area contributed by atoms with Gasteiger partial charge in [-0.1, -0.05) is 149 Å². The van der Waals surface area contributed by atoms with Crippen molar-refractivity contribution in [3.63, 3.8) is 0 Å². The summed E-state index contributed by atoms with van der Waals surface area (Å²) in [6.07, 6.45) is -5.20. The van der Waals surface area contributed by atoms with Crippen LogP contribution in [0.2, 0.25) is 0 Å². The molecule has 4 aromatic rings. The second kappa shape index (κ2) is 27.1. The number of benzene rings is 4. The van der Waals surface area contributed by atoms with Crippen molar-refractivity contribution in [2.75, 3.05) is 20.4 Å². The van der Waals surface area contributed by atoms with Crippen LogP contribution in [0.15, 0.2) is 121 Å². The van der Waals surface area contributed by atoms with Gasteiger partial charge in [0.25, 0.3) is 5.79 Å². The fraction of sp³-hybridized carbons (Fsp3) is 0.519. The van der Waals surface area contributed by atoms with E-state index >= 15 is 17.6 Å². The SMILES string of the molecule is CCOC(=O)C(F)(F)[C@]1(C)O[C@H](CC)[C@H](C)[C@H](OCc2ccccc2)[C@H]1OCc1ccccc1.CCOC(=O)C(F)(F)[C@]1(O)O[C@H](CC)[C@H](C)[C@H](OCc2ccccc2)[C@H]1OCc1ccccc1.[2H]CF. The summed E-state index contributed by atoms with van der Waals surface area (Å²) in [7, 11) is -1.00. The molecule has 0 bridgehead atoms. The Hall–Kier alpha value is -4.81. The largest absolute Gasteiger partial charge is 0.461 e. The van der Waals surface area contributed by atoms with Gasteiger partial charge in [-0.2, -0.15) is 17.6 Å². The van der Waals surface area contributed by atoms with Crippen molar-refractivity contribution in [3.8, 4) is 0 Å². The molecule has 0 aromatic heterocycles. The Balaban J connectivity index is 0.000000292. The van der Waals surface area contributed by atoms with E-state index in [0.29, 0.717) is 18.4 Å². The molecule has 11 nitrogen and oxygen atoms in total. The van der Waals surface area contributed by atoms with Crippen LogP contribution < -0.4 is 0 Å². The van der Waals surface area contributed by atoms with E-state index in [4.69, 9.17) is 34.5 Å². The smallest absolute Gasteiger partial charge is 0.397 e. The lowest BCUT2D eigenvalue weighted by Gasteiger charge is -2.52. The molecule has 6 rings (SSSR count). The minimum atomic E-state index is -4.40. The fourth-order valence-corrected chi connectivity index (χ4v) is 8.61. The number of carbonyl (C=O) groups excluding carboxylic acids is 2. The molecule has 70 heavy (non-hydrogen) atoms. The first-order valence-corrected chi connectivity index (χ1v) is 23.6.